The molecule has 1 aromatic rings. The quantitative estimate of drug-likeness (QED) is 0.685. The molecule has 0 fully saturated rings. The van der Waals surface area contributed by atoms with Crippen LogP contribution >= 0.6 is 0 Å². The molecule has 0 bridgehead atoms. The van der Waals surface area contributed by atoms with Crippen LogP contribution in [-0.4, -0.2) is 10.8 Å². The van der Waals surface area contributed by atoms with Crippen LogP contribution in [0.25, 0.3) is 0 Å². The van der Waals surface area contributed by atoms with E-state index in [1.54, 1.807) is 6.20 Å². The molecule has 76 valence electrons. The number of ketones is 1. The van der Waals surface area contributed by atoms with E-state index in [1.165, 1.54) is 0 Å². The van der Waals surface area contributed by atoms with E-state index < -0.39 is 0 Å². The van der Waals surface area contributed by atoms with Crippen LogP contribution in [-0.2, 0) is 0 Å². The molecule has 0 spiro atoms. The molecule has 0 aromatic carbocycles. The third-order valence-electron chi connectivity index (χ3n) is 2.37. The molecule has 0 aliphatic heterocycles. The van der Waals surface area contributed by atoms with E-state index >= 15 is 0 Å². The second-order valence-corrected chi connectivity index (χ2v) is 3.74. The number of carbonyl (C=O) groups is 1. The van der Waals surface area contributed by atoms with Crippen molar-refractivity contribution in [2.24, 2.45) is 5.92 Å². The lowest BCUT2D eigenvalue weighted by Gasteiger charge is -2.08. The van der Waals surface area contributed by atoms with E-state index in [9.17, 15) is 4.79 Å². The number of nitrogens with zero attached hydrogens (tertiary/aromatic N) is 1. The highest BCUT2D eigenvalue weighted by molar-refractivity contribution is 5.97. The molecule has 1 unspecified atom stereocenters. The van der Waals surface area contributed by atoms with Gasteiger partial charge < -0.3 is 0 Å². The zero-order valence-electron chi connectivity index (χ0n) is 9.08. The van der Waals surface area contributed by atoms with Crippen LogP contribution in [0.15, 0.2) is 18.3 Å². The van der Waals surface area contributed by atoms with Crippen LogP contribution in [0.5, 0.6) is 0 Å². The number of Topliss-reactive ketones (excluding diaryl/α,β-unsaturated/α-hetero) is 1. The van der Waals surface area contributed by atoms with Gasteiger partial charge in [0.1, 0.15) is 0 Å². The summed E-state index contributed by atoms with van der Waals surface area (Å²) in [6.45, 7) is 5.99. The molecule has 0 saturated heterocycles. The van der Waals surface area contributed by atoms with Crippen LogP contribution < -0.4 is 0 Å². The number of aromatic nitrogens is 1. The minimum Gasteiger partial charge on any atom is -0.294 e. The first-order valence-corrected chi connectivity index (χ1v) is 5.12. The number of rotatable bonds is 4. The van der Waals surface area contributed by atoms with E-state index in [4.69, 9.17) is 0 Å². The summed E-state index contributed by atoms with van der Waals surface area (Å²) in [7, 11) is 0. The second kappa shape index (κ2) is 4.89. The van der Waals surface area contributed by atoms with Crippen molar-refractivity contribution in [1.82, 2.24) is 4.98 Å². The molecule has 2 nitrogen and oxygen atoms in total. The summed E-state index contributed by atoms with van der Waals surface area (Å²) in [5.41, 5.74) is 1.68. The van der Waals surface area contributed by atoms with Crippen LogP contribution in [0, 0.1) is 12.8 Å². The molecule has 0 N–H and O–H groups in total. The molecule has 1 rings (SSSR count). The summed E-state index contributed by atoms with van der Waals surface area (Å²) in [6, 6.07) is 3.74. The number of hydrogen-bond donors (Lipinski definition) is 0. The molecule has 0 aliphatic carbocycles. The standard InChI is InChI=1S/C12H17NO/c1-4-5-9(2)12(14)11-7-6-10(3)13-8-11/h6-9H,4-5H2,1-3H3. The molecule has 0 amide bonds. The molecular formula is C12H17NO. The SMILES string of the molecule is CCCC(C)C(=O)c1ccc(C)nc1. The van der Waals surface area contributed by atoms with Gasteiger partial charge in [0.15, 0.2) is 5.78 Å². The Labute approximate surface area is 85.4 Å². The minimum atomic E-state index is 0.115. The summed E-state index contributed by atoms with van der Waals surface area (Å²) in [4.78, 5) is 15.9. The molecular weight excluding hydrogens is 174 g/mol. The Morgan fingerprint density at radius 1 is 1.50 bits per heavy atom. The van der Waals surface area contributed by atoms with E-state index in [0.29, 0.717) is 0 Å². The van der Waals surface area contributed by atoms with Crippen LogP contribution in [0.2, 0.25) is 0 Å². The van der Waals surface area contributed by atoms with Crippen LogP contribution in [0.4, 0.5) is 0 Å². The molecule has 0 radical (unpaired) electrons. The summed E-state index contributed by atoms with van der Waals surface area (Å²) in [5.74, 6) is 0.323. The van der Waals surface area contributed by atoms with Gasteiger partial charge in [-0.25, -0.2) is 0 Å². The Morgan fingerprint density at radius 2 is 2.21 bits per heavy atom. The zero-order valence-corrected chi connectivity index (χ0v) is 9.08. The van der Waals surface area contributed by atoms with Gasteiger partial charge in [0, 0.05) is 23.4 Å². The fraction of sp³-hybridized carbons (Fsp3) is 0.500. The van der Waals surface area contributed by atoms with Gasteiger partial charge in [0.2, 0.25) is 0 Å². The fourth-order valence-corrected chi connectivity index (χ4v) is 1.46. The third kappa shape index (κ3) is 2.66. The molecule has 1 heterocycles. The van der Waals surface area contributed by atoms with Crippen molar-refractivity contribution >= 4 is 5.78 Å². The van der Waals surface area contributed by atoms with Gasteiger partial charge in [0.05, 0.1) is 0 Å². The Hall–Kier alpha value is -1.18. The highest BCUT2D eigenvalue weighted by Crippen LogP contribution is 2.13. The third-order valence-corrected chi connectivity index (χ3v) is 2.37. The van der Waals surface area contributed by atoms with Gasteiger partial charge >= 0.3 is 0 Å². The smallest absolute Gasteiger partial charge is 0.167 e. The van der Waals surface area contributed by atoms with Gasteiger partial charge in [-0.15, -0.1) is 0 Å². The summed E-state index contributed by atoms with van der Waals surface area (Å²) < 4.78 is 0. The highest BCUT2D eigenvalue weighted by atomic mass is 16.1. The highest BCUT2D eigenvalue weighted by Gasteiger charge is 2.13. The summed E-state index contributed by atoms with van der Waals surface area (Å²) >= 11 is 0. The number of pyridine rings is 1. The topological polar surface area (TPSA) is 30.0 Å². The lowest BCUT2D eigenvalue weighted by atomic mass is 9.96. The number of aryl methyl sites for hydroxylation is 1. The Morgan fingerprint density at radius 3 is 2.71 bits per heavy atom. The maximum absolute atomic E-state index is 11.8. The van der Waals surface area contributed by atoms with E-state index in [1.807, 2.05) is 26.0 Å². The van der Waals surface area contributed by atoms with Crippen molar-refractivity contribution < 1.29 is 4.79 Å². The Kier molecular flexibility index (Phi) is 3.81. The predicted molar refractivity (Wildman–Crippen MR) is 57.4 cm³/mol. The monoisotopic (exact) mass is 191 g/mol. The molecule has 0 saturated carbocycles. The Bertz CT molecular complexity index is 303. The van der Waals surface area contributed by atoms with E-state index in [2.05, 4.69) is 11.9 Å². The lowest BCUT2D eigenvalue weighted by Crippen LogP contribution is -2.11. The van der Waals surface area contributed by atoms with Crippen molar-refractivity contribution in [3.63, 3.8) is 0 Å². The molecule has 1 aromatic heterocycles. The van der Waals surface area contributed by atoms with Gasteiger partial charge in [-0.2, -0.15) is 0 Å². The van der Waals surface area contributed by atoms with Gasteiger partial charge in [0.25, 0.3) is 0 Å². The summed E-state index contributed by atoms with van der Waals surface area (Å²) in [5, 5.41) is 0. The van der Waals surface area contributed by atoms with Crippen molar-refractivity contribution in [2.45, 2.75) is 33.6 Å². The van der Waals surface area contributed by atoms with Crippen molar-refractivity contribution in [3.8, 4) is 0 Å². The average molecular weight is 191 g/mol. The van der Waals surface area contributed by atoms with Gasteiger partial charge in [-0.05, 0) is 25.5 Å². The first-order valence-electron chi connectivity index (χ1n) is 5.12. The minimum absolute atomic E-state index is 0.115. The molecule has 1 atom stereocenters. The van der Waals surface area contributed by atoms with Crippen molar-refractivity contribution in [3.05, 3.63) is 29.6 Å². The van der Waals surface area contributed by atoms with E-state index in [0.717, 1.165) is 24.1 Å². The largest absolute Gasteiger partial charge is 0.294 e. The van der Waals surface area contributed by atoms with Crippen LogP contribution in [0.1, 0.15) is 42.7 Å². The molecule has 0 aliphatic rings. The van der Waals surface area contributed by atoms with E-state index in [-0.39, 0.29) is 11.7 Å². The first-order chi connectivity index (χ1) is 6.65. The molecule has 2 heteroatoms. The maximum atomic E-state index is 11.8. The van der Waals surface area contributed by atoms with Gasteiger partial charge in [-0.1, -0.05) is 20.3 Å². The average Bonchev–Trinajstić information content (AvgIpc) is 2.18. The number of carbonyl (C=O) groups excluding carboxylic acids is 1. The normalized spacial score (nSPS) is 12.5. The lowest BCUT2D eigenvalue weighted by molar-refractivity contribution is 0.0923. The fourth-order valence-electron chi connectivity index (χ4n) is 1.46. The Balaban J connectivity index is 2.74. The van der Waals surface area contributed by atoms with Crippen molar-refractivity contribution in [1.29, 1.82) is 0 Å². The second-order valence-electron chi connectivity index (χ2n) is 3.74. The number of hydrogen-bond acceptors (Lipinski definition) is 2. The predicted octanol–water partition coefficient (Wildman–Crippen LogP) is 3.01. The summed E-state index contributed by atoms with van der Waals surface area (Å²) in [6.07, 6.45) is 3.67. The zero-order chi connectivity index (χ0) is 10.6. The van der Waals surface area contributed by atoms with Crippen molar-refractivity contribution in [2.75, 3.05) is 0 Å². The first kappa shape index (κ1) is 10.9. The maximum Gasteiger partial charge on any atom is 0.167 e. The molecule has 14 heavy (non-hydrogen) atoms. The van der Waals surface area contributed by atoms with Crippen LogP contribution in [0.3, 0.4) is 0 Å². The van der Waals surface area contributed by atoms with Gasteiger partial charge in [-0.3, -0.25) is 9.78 Å².